The van der Waals surface area contributed by atoms with Crippen molar-refractivity contribution >= 4 is 27.8 Å². The number of hydrogen-bond donors (Lipinski definition) is 2. The van der Waals surface area contributed by atoms with E-state index in [1.165, 1.54) is 11.3 Å². The van der Waals surface area contributed by atoms with Crippen molar-refractivity contribution in [3.8, 4) is 0 Å². The van der Waals surface area contributed by atoms with Crippen LogP contribution in [-0.4, -0.2) is 10.2 Å². The Morgan fingerprint density at radius 1 is 1.38 bits per heavy atom. The second kappa shape index (κ2) is 3.40. The smallest absolute Gasteiger partial charge is 0.209 e. The average molecular weight is 192 g/mol. The summed E-state index contributed by atoms with van der Waals surface area (Å²) in [7, 11) is 0. The van der Waals surface area contributed by atoms with Crippen LogP contribution in [0.4, 0.5) is 16.5 Å². The van der Waals surface area contributed by atoms with Crippen LogP contribution in [0.1, 0.15) is 0 Å². The van der Waals surface area contributed by atoms with Gasteiger partial charge in [-0.15, -0.1) is 10.2 Å². The molecule has 0 radical (unpaired) electrons. The van der Waals surface area contributed by atoms with E-state index in [0.717, 1.165) is 16.5 Å². The van der Waals surface area contributed by atoms with Crippen LogP contribution in [0.3, 0.4) is 0 Å². The lowest BCUT2D eigenvalue weighted by Gasteiger charge is -2.01. The molecule has 0 amide bonds. The number of nitrogens with two attached hydrogens (primary N) is 1. The Bertz CT molecular complexity index is 385. The number of nitrogen functional groups attached to an aromatic ring is 1. The van der Waals surface area contributed by atoms with Gasteiger partial charge in [0.1, 0.15) is 5.51 Å². The molecule has 0 aliphatic carbocycles. The maximum Gasteiger partial charge on any atom is 0.209 e. The van der Waals surface area contributed by atoms with E-state index in [-0.39, 0.29) is 0 Å². The van der Waals surface area contributed by atoms with Crippen LogP contribution in [-0.2, 0) is 0 Å². The van der Waals surface area contributed by atoms with Gasteiger partial charge in [0, 0.05) is 11.4 Å². The molecule has 0 saturated carbocycles. The van der Waals surface area contributed by atoms with Crippen LogP contribution >= 0.6 is 11.3 Å². The number of nitrogens with zero attached hydrogens (tertiary/aromatic N) is 2. The number of rotatable bonds is 2. The fourth-order valence-corrected chi connectivity index (χ4v) is 1.43. The summed E-state index contributed by atoms with van der Waals surface area (Å²) in [4.78, 5) is 0. The Hall–Kier alpha value is -1.62. The number of anilines is 3. The van der Waals surface area contributed by atoms with Gasteiger partial charge in [-0.25, -0.2) is 0 Å². The third-order valence-electron chi connectivity index (χ3n) is 1.50. The van der Waals surface area contributed by atoms with Gasteiger partial charge in [-0.2, -0.15) is 0 Å². The first-order chi connectivity index (χ1) is 6.34. The fourth-order valence-electron chi connectivity index (χ4n) is 0.967. The second-order valence-electron chi connectivity index (χ2n) is 2.49. The molecule has 1 heterocycles. The number of nitrogens with one attached hydrogen (secondary N) is 1. The van der Waals surface area contributed by atoms with Gasteiger partial charge in [0.05, 0.1) is 0 Å². The van der Waals surface area contributed by atoms with E-state index in [9.17, 15) is 0 Å². The lowest BCUT2D eigenvalue weighted by Crippen LogP contribution is -1.91. The Morgan fingerprint density at radius 3 is 3.00 bits per heavy atom. The van der Waals surface area contributed by atoms with Crippen molar-refractivity contribution in [2.75, 3.05) is 11.1 Å². The van der Waals surface area contributed by atoms with Gasteiger partial charge in [-0.1, -0.05) is 17.4 Å². The quantitative estimate of drug-likeness (QED) is 0.713. The van der Waals surface area contributed by atoms with E-state index in [2.05, 4.69) is 15.5 Å². The normalized spacial score (nSPS) is 9.85. The molecule has 0 aliphatic heterocycles. The molecular weight excluding hydrogens is 184 g/mol. The molecule has 1 aromatic heterocycles. The highest BCUT2D eigenvalue weighted by molar-refractivity contribution is 7.13. The van der Waals surface area contributed by atoms with Gasteiger partial charge in [-0.05, 0) is 18.2 Å². The zero-order valence-electron chi connectivity index (χ0n) is 6.77. The first-order valence-corrected chi connectivity index (χ1v) is 4.61. The highest BCUT2D eigenvalue weighted by atomic mass is 32.1. The summed E-state index contributed by atoms with van der Waals surface area (Å²) in [5.41, 5.74) is 8.95. The van der Waals surface area contributed by atoms with E-state index in [1.54, 1.807) is 5.51 Å². The SMILES string of the molecule is Nc1cccc(Nc2nncs2)c1. The van der Waals surface area contributed by atoms with Gasteiger partial charge in [0.2, 0.25) is 5.13 Å². The molecule has 0 bridgehead atoms. The van der Waals surface area contributed by atoms with Gasteiger partial charge in [-0.3, -0.25) is 0 Å². The van der Waals surface area contributed by atoms with Crippen molar-refractivity contribution < 1.29 is 0 Å². The fraction of sp³-hybridized carbons (Fsp3) is 0. The molecule has 1 aromatic carbocycles. The van der Waals surface area contributed by atoms with Crippen LogP contribution in [0.2, 0.25) is 0 Å². The molecule has 13 heavy (non-hydrogen) atoms. The molecule has 0 atom stereocenters. The van der Waals surface area contributed by atoms with Crippen molar-refractivity contribution in [1.82, 2.24) is 10.2 Å². The van der Waals surface area contributed by atoms with Crippen LogP contribution in [0.5, 0.6) is 0 Å². The molecule has 0 spiro atoms. The number of aromatic nitrogens is 2. The summed E-state index contributed by atoms with van der Waals surface area (Å²) in [5, 5.41) is 11.4. The van der Waals surface area contributed by atoms with Gasteiger partial charge in [0.15, 0.2) is 0 Å². The minimum atomic E-state index is 0.731. The summed E-state index contributed by atoms with van der Waals surface area (Å²) in [6.45, 7) is 0. The Kier molecular flexibility index (Phi) is 2.09. The molecule has 0 fully saturated rings. The highest BCUT2D eigenvalue weighted by Crippen LogP contribution is 2.18. The monoisotopic (exact) mass is 192 g/mol. The van der Waals surface area contributed by atoms with E-state index in [4.69, 9.17) is 5.73 Å². The summed E-state index contributed by atoms with van der Waals surface area (Å²) >= 11 is 1.45. The maximum absolute atomic E-state index is 5.61. The maximum atomic E-state index is 5.61. The highest BCUT2D eigenvalue weighted by Gasteiger charge is 1.96. The zero-order chi connectivity index (χ0) is 9.10. The largest absolute Gasteiger partial charge is 0.399 e. The van der Waals surface area contributed by atoms with Crippen LogP contribution in [0, 0.1) is 0 Å². The van der Waals surface area contributed by atoms with E-state index in [0.29, 0.717) is 0 Å². The molecule has 3 N–H and O–H groups in total. The first kappa shape index (κ1) is 8.00. The summed E-state index contributed by atoms with van der Waals surface area (Å²) < 4.78 is 0. The van der Waals surface area contributed by atoms with Crippen molar-refractivity contribution in [1.29, 1.82) is 0 Å². The molecular formula is C8H8N4S. The molecule has 0 unspecified atom stereocenters. The van der Waals surface area contributed by atoms with Crippen molar-refractivity contribution in [3.05, 3.63) is 29.8 Å². The van der Waals surface area contributed by atoms with Crippen molar-refractivity contribution in [2.24, 2.45) is 0 Å². The number of hydrogen-bond acceptors (Lipinski definition) is 5. The van der Waals surface area contributed by atoms with Crippen molar-refractivity contribution in [3.63, 3.8) is 0 Å². The first-order valence-electron chi connectivity index (χ1n) is 3.73. The van der Waals surface area contributed by atoms with Gasteiger partial charge in [0.25, 0.3) is 0 Å². The molecule has 0 saturated heterocycles. The zero-order valence-corrected chi connectivity index (χ0v) is 7.58. The van der Waals surface area contributed by atoms with Crippen LogP contribution < -0.4 is 11.1 Å². The molecule has 5 heteroatoms. The summed E-state index contributed by atoms with van der Waals surface area (Å²) in [6.07, 6.45) is 0. The standard InChI is InChI=1S/C8H8N4S/c9-6-2-1-3-7(4-6)11-8-12-10-5-13-8/h1-5H,9H2,(H,11,12). The lowest BCUT2D eigenvalue weighted by molar-refractivity contribution is 1.09. The van der Waals surface area contributed by atoms with Crippen LogP contribution in [0.25, 0.3) is 0 Å². The topological polar surface area (TPSA) is 63.8 Å². The summed E-state index contributed by atoms with van der Waals surface area (Å²) in [6, 6.07) is 7.50. The van der Waals surface area contributed by atoms with Gasteiger partial charge < -0.3 is 11.1 Å². The Morgan fingerprint density at radius 2 is 2.31 bits per heavy atom. The molecule has 2 aromatic rings. The lowest BCUT2D eigenvalue weighted by atomic mass is 10.3. The minimum Gasteiger partial charge on any atom is -0.399 e. The van der Waals surface area contributed by atoms with Gasteiger partial charge >= 0.3 is 0 Å². The van der Waals surface area contributed by atoms with Crippen molar-refractivity contribution in [2.45, 2.75) is 0 Å². The second-order valence-corrected chi connectivity index (χ2v) is 3.33. The molecule has 4 nitrogen and oxygen atoms in total. The van der Waals surface area contributed by atoms with E-state index >= 15 is 0 Å². The van der Waals surface area contributed by atoms with Crippen LogP contribution in [0.15, 0.2) is 29.8 Å². The molecule has 66 valence electrons. The predicted octanol–water partition coefficient (Wildman–Crippen LogP) is 1.86. The van der Waals surface area contributed by atoms with E-state index < -0.39 is 0 Å². The third kappa shape index (κ3) is 1.94. The Balaban J connectivity index is 2.19. The Labute approximate surface area is 79.4 Å². The molecule has 2 rings (SSSR count). The third-order valence-corrected chi connectivity index (χ3v) is 2.10. The molecule has 0 aliphatic rings. The van der Waals surface area contributed by atoms with E-state index in [1.807, 2.05) is 24.3 Å². The average Bonchev–Trinajstić information content (AvgIpc) is 2.57. The predicted molar refractivity (Wildman–Crippen MR) is 54.0 cm³/mol. The minimum absolute atomic E-state index is 0.731. The summed E-state index contributed by atoms with van der Waals surface area (Å²) in [5.74, 6) is 0. The number of benzene rings is 1.